The Hall–Kier alpha value is -1.35. The van der Waals surface area contributed by atoms with Crippen LogP contribution >= 0.6 is 0 Å². The quantitative estimate of drug-likeness (QED) is 0.811. The summed E-state index contributed by atoms with van der Waals surface area (Å²) in [5.41, 5.74) is 2.66. The van der Waals surface area contributed by atoms with Gasteiger partial charge >= 0.3 is 0 Å². The van der Waals surface area contributed by atoms with Gasteiger partial charge in [0.05, 0.1) is 0 Å². The molecular formula is C21H32N2O. The van der Waals surface area contributed by atoms with E-state index in [4.69, 9.17) is 0 Å². The molecule has 132 valence electrons. The van der Waals surface area contributed by atoms with E-state index < -0.39 is 0 Å². The van der Waals surface area contributed by atoms with Gasteiger partial charge in [-0.05, 0) is 57.7 Å². The second kappa shape index (κ2) is 7.69. The van der Waals surface area contributed by atoms with Crippen LogP contribution in [0.2, 0.25) is 0 Å². The fraction of sp³-hybridized carbons (Fsp3) is 0.667. The van der Waals surface area contributed by atoms with Crippen molar-refractivity contribution in [2.24, 2.45) is 0 Å². The van der Waals surface area contributed by atoms with Gasteiger partial charge in [0.2, 0.25) is 5.91 Å². The lowest BCUT2D eigenvalue weighted by atomic mass is 9.87. The first-order valence-corrected chi connectivity index (χ1v) is 9.71. The molecule has 2 saturated heterocycles. The van der Waals surface area contributed by atoms with Crippen molar-refractivity contribution in [3.05, 3.63) is 35.4 Å². The van der Waals surface area contributed by atoms with Crippen molar-refractivity contribution in [1.29, 1.82) is 0 Å². The lowest BCUT2D eigenvalue weighted by molar-refractivity contribution is -0.132. The van der Waals surface area contributed by atoms with Gasteiger partial charge in [0.1, 0.15) is 0 Å². The summed E-state index contributed by atoms with van der Waals surface area (Å²) in [6.07, 6.45) is 7.89. The van der Waals surface area contributed by atoms with E-state index in [0.29, 0.717) is 5.91 Å². The number of amides is 1. The average molecular weight is 329 g/mol. The Bertz CT molecular complexity index is 553. The summed E-state index contributed by atoms with van der Waals surface area (Å²) in [6.45, 7) is 8.74. The first-order chi connectivity index (χ1) is 11.6. The van der Waals surface area contributed by atoms with Crippen molar-refractivity contribution in [3.8, 4) is 0 Å². The van der Waals surface area contributed by atoms with Crippen molar-refractivity contribution in [1.82, 2.24) is 9.80 Å². The molecule has 2 aliphatic heterocycles. The van der Waals surface area contributed by atoms with E-state index in [1.54, 1.807) is 0 Å². The largest absolute Gasteiger partial charge is 0.333 e. The van der Waals surface area contributed by atoms with Gasteiger partial charge in [0, 0.05) is 25.0 Å². The average Bonchev–Trinajstić information content (AvgIpc) is 2.76. The summed E-state index contributed by atoms with van der Waals surface area (Å²) in [4.78, 5) is 17.4. The zero-order chi connectivity index (χ0) is 17.0. The van der Waals surface area contributed by atoms with Crippen molar-refractivity contribution >= 4 is 5.91 Å². The van der Waals surface area contributed by atoms with Crippen LogP contribution in [0.1, 0.15) is 63.0 Å². The highest BCUT2D eigenvalue weighted by Gasteiger charge is 2.45. The lowest BCUT2D eigenvalue weighted by Crippen LogP contribution is -2.46. The number of likely N-dealkylation sites (tertiary alicyclic amines) is 2. The standard InChI is InChI=1S/C21H32N2O/c1-3-4-14-22-15-5-11-21(13-16-22)12-10-20(24)23(21)17-19-8-6-18(2)7-9-19/h6-9H,3-5,10-17H2,1-2H3/t21-/m1/s1. The van der Waals surface area contributed by atoms with Gasteiger partial charge in [0.25, 0.3) is 0 Å². The molecule has 24 heavy (non-hydrogen) atoms. The van der Waals surface area contributed by atoms with Gasteiger partial charge in [-0.25, -0.2) is 0 Å². The Balaban J connectivity index is 1.70. The van der Waals surface area contributed by atoms with E-state index >= 15 is 0 Å². The molecule has 2 heterocycles. The van der Waals surface area contributed by atoms with Crippen molar-refractivity contribution in [2.45, 2.75) is 70.9 Å². The Morgan fingerprint density at radius 1 is 1.08 bits per heavy atom. The van der Waals surface area contributed by atoms with Crippen molar-refractivity contribution in [3.63, 3.8) is 0 Å². The van der Waals surface area contributed by atoms with E-state index in [-0.39, 0.29) is 5.54 Å². The molecule has 0 unspecified atom stereocenters. The van der Waals surface area contributed by atoms with Gasteiger partial charge in [0.15, 0.2) is 0 Å². The number of aryl methyl sites for hydroxylation is 1. The third-order valence-corrected chi connectivity index (χ3v) is 5.98. The van der Waals surface area contributed by atoms with Crippen LogP contribution in [0.25, 0.3) is 0 Å². The number of unbranched alkanes of at least 4 members (excludes halogenated alkanes) is 1. The van der Waals surface area contributed by atoms with Crippen molar-refractivity contribution in [2.75, 3.05) is 19.6 Å². The van der Waals surface area contributed by atoms with Gasteiger partial charge in [-0.2, -0.15) is 0 Å². The third-order valence-electron chi connectivity index (χ3n) is 5.98. The first kappa shape index (κ1) is 17.5. The topological polar surface area (TPSA) is 23.6 Å². The number of nitrogens with zero attached hydrogens (tertiary/aromatic N) is 2. The van der Waals surface area contributed by atoms with Gasteiger partial charge in [-0.3, -0.25) is 4.79 Å². The van der Waals surface area contributed by atoms with Crippen LogP contribution in [0.4, 0.5) is 0 Å². The number of rotatable bonds is 5. The summed E-state index contributed by atoms with van der Waals surface area (Å²) in [6, 6.07) is 8.67. The number of benzene rings is 1. The molecule has 0 saturated carbocycles. The minimum absolute atomic E-state index is 0.114. The van der Waals surface area contributed by atoms with Crippen LogP contribution in [0, 0.1) is 6.92 Å². The monoisotopic (exact) mass is 328 g/mol. The molecule has 2 aliphatic rings. The highest BCUT2D eigenvalue weighted by Crippen LogP contribution is 2.40. The van der Waals surface area contributed by atoms with Crippen LogP contribution in [0.5, 0.6) is 0 Å². The van der Waals surface area contributed by atoms with E-state index in [2.05, 4.69) is 47.9 Å². The Kier molecular flexibility index (Phi) is 5.60. The number of carbonyl (C=O) groups is 1. The predicted octanol–water partition coefficient (Wildman–Crippen LogP) is 4.14. The minimum atomic E-state index is 0.114. The molecule has 0 aliphatic carbocycles. The van der Waals surface area contributed by atoms with E-state index in [1.165, 1.54) is 49.9 Å². The molecule has 1 aromatic rings. The predicted molar refractivity (Wildman–Crippen MR) is 98.9 cm³/mol. The summed E-state index contributed by atoms with van der Waals surface area (Å²) >= 11 is 0. The Labute approximate surface area is 147 Å². The summed E-state index contributed by atoms with van der Waals surface area (Å²) in [7, 11) is 0. The van der Waals surface area contributed by atoms with Crippen LogP contribution < -0.4 is 0 Å². The van der Waals surface area contributed by atoms with E-state index in [0.717, 1.165) is 32.4 Å². The van der Waals surface area contributed by atoms with Crippen LogP contribution in [-0.2, 0) is 11.3 Å². The van der Waals surface area contributed by atoms with Crippen LogP contribution in [0.15, 0.2) is 24.3 Å². The van der Waals surface area contributed by atoms with E-state index in [9.17, 15) is 4.79 Å². The zero-order valence-electron chi connectivity index (χ0n) is 15.4. The van der Waals surface area contributed by atoms with Gasteiger partial charge in [-0.1, -0.05) is 43.2 Å². The highest BCUT2D eigenvalue weighted by atomic mass is 16.2. The molecule has 1 amide bonds. The smallest absolute Gasteiger partial charge is 0.223 e. The molecule has 1 spiro atoms. The molecule has 0 aromatic heterocycles. The molecule has 3 nitrogen and oxygen atoms in total. The molecule has 1 aromatic carbocycles. The second-order valence-corrected chi connectivity index (χ2v) is 7.74. The normalized spacial score (nSPS) is 25.4. The Morgan fingerprint density at radius 2 is 1.88 bits per heavy atom. The Morgan fingerprint density at radius 3 is 2.62 bits per heavy atom. The molecular weight excluding hydrogens is 296 g/mol. The summed E-state index contributed by atoms with van der Waals surface area (Å²) < 4.78 is 0. The summed E-state index contributed by atoms with van der Waals surface area (Å²) in [5.74, 6) is 0.359. The fourth-order valence-corrected chi connectivity index (χ4v) is 4.37. The van der Waals surface area contributed by atoms with Crippen LogP contribution in [0.3, 0.4) is 0 Å². The first-order valence-electron chi connectivity index (χ1n) is 9.71. The molecule has 0 N–H and O–H groups in total. The van der Waals surface area contributed by atoms with E-state index in [1.807, 2.05) is 0 Å². The van der Waals surface area contributed by atoms with Gasteiger partial charge < -0.3 is 9.80 Å². The number of hydrogen-bond acceptors (Lipinski definition) is 2. The molecule has 0 bridgehead atoms. The fourth-order valence-electron chi connectivity index (χ4n) is 4.37. The minimum Gasteiger partial charge on any atom is -0.333 e. The molecule has 2 fully saturated rings. The van der Waals surface area contributed by atoms with Crippen molar-refractivity contribution < 1.29 is 4.79 Å². The SMILES string of the molecule is CCCCN1CCC[C@@]2(CCC(=O)N2Cc2ccc(C)cc2)CC1. The highest BCUT2D eigenvalue weighted by molar-refractivity contribution is 5.79. The lowest BCUT2D eigenvalue weighted by Gasteiger charge is -2.38. The second-order valence-electron chi connectivity index (χ2n) is 7.74. The maximum absolute atomic E-state index is 12.6. The number of carbonyl (C=O) groups excluding carboxylic acids is 1. The zero-order valence-corrected chi connectivity index (χ0v) is 15.4. The maximum Gasteiger partial charge on any atom is 0.223 e. The molecule has 3 rings (SSSR count). The third kappa shape index (κ3) is 3.83. The molecule has 0 radical (unpaired) electrons. The van der Waals surface area contributed by atoms with Gasteiger partial charge in [-0.15, -0.1) is 0 Å². The van der Waals surface area contributed by atoms with Crippen LogP contribution in [-0.4, -0.2) is 40.9 Å². The number of hydrogen-bond donors (Lipinski definition) is 0. The molecule has 1 atom stereocenters. The maximum atomic E-state index is 12.6. The molecule has 3 heteroatoms. The summed E-state index contributed by atoms with van der Waals surface area (Å²) in [5, 5.41) is 0.